The van der Waals surface area contributed by atoms with Crippen LogP contribution in [0.4, 0.5) is 0 Å². The van der Waals surface area contributed by atoms with Crippen molar-refractivity contribution in [1.82, 2.24) is 10.3 Å². The topological polar surface area (TPSA) is 24.9 Å². The third kappa shape index (κ3) is 3.25. The van der Waals surface area contributed by atoms with E-state index in [2.05, 4.69) is 62.8 Å². The molecule has 0 unspecified atom stereocenters. The van der Waals surface area contributed by atoms with E-state index in [0.29, 0.717) is 12.0 Å². The lowest BCUT2D eigenvalue weighted by Crippen LogP contribution is -2.39. The summed E-state index contributed by atoms with van der Waals surface area (Å²) in [6.07, 6.45) is 2.47. The number of thiazole rings is 1. The number of hydrogen-bond donors (Lipinski definition) is 1. The van der Waals surface area contributed by atoms with Crippen LogP contribution in [-0.2, 0) is 6.54 Å². The Morgan fingerprint density at radius 1 is 1.42 bits per heavy atom. The smallest absolute Gasteiger partial charge is 0.0897 e. The SMILES string of the molecule is Cc1nc(CNC2CC(c3cccc(Br)c3)C2)cs1. The fraction of sp³-hybridized carbons (Fsp3) is 0.400. The van der Waals surface area contributed by atoms with E-state index in [1.54, 1.807) is 11.3 Å². The van der Waals surface area contributed by atoms with E-state index in [1.807, 2.05) is 0 Å². The second kappa shape index (κ2) is 5.73. The van der Waals surface area contributed by atoms with E-state index in [4.69, 9.17) is 0 Å². The molecule has 3 rings (SSSR count). The van der Waals surface area contributed by atoms with Crippen molar-refractivity contribution in [2.75, 3.05) is 0 Å². The van der Waals surface area contributed by atoms with Crippen molar-refractivity contribution in [2.24, 2.45) is 0 Å². The van der Waals surface area contributed by atoms with Gasteiger partial charge >= 0.3 is 0 Å². The first kappa shape index (κ1) is 13.3. The molecule has 2 nitrogen and oxygen atoms in total. The molecule has 1 aromatic carbocycles. The van der Waals surface area contributed by atoms with Crippen molar-refractivity contribution in [3.8, 4) is 0 Å². The minimum atomic E-state index is 0.644. The molecule has 0 saturated heterocycles. The molecule has 0 bridgehead atoms. The monoisotopic (exact) mass is 336 g/mol. The molecule has 100 valence electrons. The van der Waals surface area contributed by atoms with Crippen molar-refractivity contribution >= 4 is 27.3 Å². The third-order valence-corrected chi connectivity index (χ3v) is 5.01. The van der Waals surface area contributed by atoms with E-state index in [0.717, 1.165) is 11.6 Å². The van der Waals surface area contributed by atoms with Gasteiger partial charge in [0.2, 0.25) is 0 Å². The lowest BCUT2D eigenvalue weighted by atomic mass is 9.76. The molecule has 1 fully saturated rings. The van der Waals surface area contributed by atoms with Gasteiger partial charge in [-0.05, 0) is 43.4 Å². The molecule has 1 aliphatic rings. The highest BCUT2D eigenvalue weighted by Gasteiger charge is 2.29. The second-order valence-corrected chi connectivity index (χ2v) is 7.14. The van der Waals surface area contributed by atoms with Crippen LogP contribution < -0.4 is 5.32 Å². The predicted octanol–water partition coefficient (Wildman–Crippen LogP) is 4.25. The van der Waals surface area contributed by atoms with Crippen LogP contribution in [0, 0.1) is 6.92 Å². The van der Waals surface area contributed by atoms with Gasteiger partial charge in [0, 0.05) is 22.4 Å². The van der Waals surface area contributed by atoms with Crippen LogP contribution in [0.2, 0.25) is 0 Å². The van der Waals surface area contributed by atoms with E-state index in [1.165, 1.54) is 28.6 Å². The van der Waals surface area contributed by atoms with Crippen molar-refractivity contribution in [1.29, 1.82) is 0 Å². The Kier molecular flexibility index (Phi) is 4.01. The van der Waals surface area contributed by atoms with Crippen LogP contribution in [0.5, 0.6) is 0 Å². The first-order valence-corrected chi connectivity index (χ1v) is 8.28. The molecule has 1 saturated carbocycles. The molecule has 1 heterocycles. The summed E-state index contributed by atoms with van der Waals surface area (Å²) in [4.78, 5) is 4.48. The molecule has 1 aliphatic carbocycles. The first-order valence-electron chi connectivity index (χ1n) is 6.60. The molecule has 2 aromatic rings. The third-order valence-electron chi connectivity index (χ3n) is 3.70. The summed E-state index contributed by atoms with van der Waals surface area (Å²) < 4.78 is 1.18. The van der Waals surface area contributed by atoms with Gasteiger partial charge in [0.25, 0.3) is 0 Å². The quantitative estimate of drug-likeness (QED) is 0.902. The minimum Gasteiger partial charge on any atom is -0.308 e. The lowest BCUT2D eigenvalue weighted by Gasteiger charge is -2.36. The fourth-order valence-electron chi connectivity index (χ4n) is 2.56. The van der Waals surface area contributed by atoms with Crippen molar-refractivity contribution in [3.63, 3.8) is 0 Å². The molecular formula is C15H17BrN2S. The second-order valence-electron chi connectivity index (χ2n) is 5.16. The molecule has 0 radical (unpaired) electrons. The summed E-state index contributed by atoms with van der Waals surface area (Å²) in [5.74, 6) is 0.715. The molecule has 1 N–H and O–H groups in total. The van der Waals surface area contributed by atoms with E-state index in [-0.39, 0.29) is 0 Å². The van der Waals surface area contributed by atoms with Gasteiger partial charge in [0.15, 0.2) is 0 Å². The largest absolute Gasteiger partial charge is 0.308 e. The number of halogens is 1. The highest BCUT2D eigenvalue weighted by atomic mass is 79.9. The van der Waals surface area contributed by atoms with Crippen LogP contribution in [0.25, 0.3) is 0 Å². The predicted molar refractivity (Wildman–Crippen MR) is 83.6 cm³/mol. The van der Waals surface area contributed by atoms with Gasteiger partial charge in [-0.3, -0.25) is 0 Å². The maximum atomic E-state index is 4.48. The zero-order valence-corrected chi connectivity index (χ0v) is 13.3. The maximum Gasteiger partial charge on any atom is 0.0897 e. The zero-order chi connectivity index (χ0) is 13.2. The average Bonchev–Trinajstić information content (AvgIpc) is 2.73. The van der Waals surface area contributed by atoms with Crippen LogP contribution in [0.3, 0.4) is 0 Å². The molecule has 0 aliphatic heterocycles. The summed E-state index contributed by atoms with van der Waals surface area (Å²) in [5.41, 5.74) is 2.63. The standard InChI is InChI=1S/C15H17BrN2S/c1-10-18-15(9-19-10)8-17-14-6-12(7-14)11-3-2-4-13(16)5-11/h2-5,9,12,14,17H,6-8H2,1H3. The Morgan fingerprint density at radius 2 is 2.26 bits per heavy atom. The minimum absolute atomic E-state index is 0.644. The first-order chi connectivity index (χ1) is 9.20. The summed E-state index contributed by atoms with van der Waals surface area (Å²) >= 11 is 5.26. The van der Waals surface area contributed by atoms with Crippen molar-refractivity contribution in [2.45, 2.75) is 38.3 Å². The van der Waals surface area contributed by atoms with E-state index in [9.17, 15) is 0 Å². The van der Waals surface area contributed by atoms with Gasteiger partial charge in [0.05, 0.1) is 10.7 Å². The van der Waals surface area contributed by atoms with Crippen LogP contribution >= 0.6 is 27.3 Å². The van der Waals surface area contributed by atoms with Crippen molar-refractivity contribution in [3.05, 3.63) is 50.4 Å². The Labute approximate surface area is 126 Å². The highest BCUT2D eigenvalue weighted by molar-refractivity contribution is 9.10. The van der Waals surface area contributed by atoms with Gasteiger partial charge in [-0.2, -0.15) is 0 Å². The summed E-state index contributed by atoms with van der Waals surface area (Å²) in [6, 6.07) is 9.33. The molecule has 0 amide bonds. The van der Waals surface area contributed by atoms with Crippen molar-refractivity contribution < 1.29 is 0 Å². The number of aromatic nitrogens is 1. The fourth-order valence-corrected chi connectivity index (χ4v) is 3.59. The normalized spacial score (nSPS) is 22.2. The number of nitrogens with one attached hydrogen (secondary N) is 1. The van der Waals surface area contributed by atoms with Crippen LogP contribution in [0.15, 0.2) is 34.1 Å². The molecule has 1 aromatic heterocycles. The molecule has 4 heteroatoms. The van der Waals surface area contributed by atoms with Crippen LogP contribution in [0.1, 0.15) is 35.0 Å². The maximum absolute atomic E-state index is 4.48. The Balaban J connectivity index is 1.48. The average molecular weight is 337 g/mol. The summed E-state index contributed by atoms with van der Waals surface area (Å²) in [6.45, 7) is 2.96. The Bertz CT molecular complexity index is 561. The number of benzene rings is 1. The highest BCUT2D eigenvalue weighted by Crippen LogP contribution is 2.37. The van der Waals surface area contributed by atoms with Gasteiger partial charge in [0.1, 0.15) is 0 Å². The van der Waals surface area contributed by atoms with Gasteiger partial charge < -0.3 is 5.32 Å². The zero-order valence-electron chi connectivity index (χ0n) is 10.9. The van der Waals surface area contributed by atoms with E-state index >= 15 is 0 Å². The number of aryl methyl sites for hydroxylation is 1. The van der Waals surface area contributed by atoms with Gasteiger partial charge in [-0.15, -0.1) is 11.3 Å². The molecule has 0 atom stereocenters. The molecule has 0 spiro atoms. The summed E-state index contributed by atoms with van der Waals surface area (Å²) in [5, 5.41) is 6.89. The van der Waals surface area contributed by atoms with Gasteiger partial charge in [-0.1, -0.05) is 28.1 Å². The van der Waals surface area contributed by atoms with Gasteiger partial charge in [-0.25, -0.2) is 4.98 Å². The Morgan fingerprint density at radius 3 is 2.95 bits per heavy atom. The molecule has 19 heavy (non-hydrogen) atoms. The lowest BCUT2D eigenvalue weighted by molar-refractivity contribution is 0.288. The number of rotatable bonds is 4. The van der Waals surface area contributed by atoms with Crippen LogP contribution in [-0.4, -0.2) is 11.0 Å². The summed E-state index contributed by atoms with van der Waals surface area (Å²) in [7, 11) is 0. The number of hydrogen-bond acceptors (Lipinski definition) is 3. The molecular weight excluding hydrogens is 320 g/mol. The van der Waals surface area contributed by atoms with E-state index < -0.39 is 0 Å². The number of nitrogens with zero attached hydrogens (tertiary/aromatic N) is 1. The Hall–Kier alpha value is -0.710.